The quantitative estimate of drug-likeness (QED) is 0.692. The van der Waals surface area contributed by atoms with Gasteiger partial charge in [0.15, 0.2) is 0 Å². The molecular weight excluding hydrogens is 232 g/mol. The number of hydrogen-bond donors (Lipinski definition) is 2. The van der Waals surface area contributed by atoms with Gasteiger partial charge in [0, 0.05) is 18.3 Å². The van der Waals surface area contributed by atoms with Gasteiger partial charge in [0.1, 0.15) is 0 Å². The summed E-state index contributed by atoms with van der Waals surface area (Å²) in [4.78, 5) is 0.319. The van der Waals surface area contributed by atoms with Crippen LogP contribution < -0.4 is 10.0 Å². The second-order valence-electron chi connectivity index (χ2n) is 4.82. The van der Waals surface area contributed by atoms with E-state index in [1.807, 2.05) is 11.8 Å². The normalized spacial score (nSPS) is 39.9. The fourth-order valence-electron chi connectivity index (χ4n) is 1.91. The highest BCUT2D eigenvalue weighted by Crippen LogP contribution is 2.43. The molecule has 1 saturated carbocycles. The zero-order valence-corrected chi connectivity index (χ0v) is 10.7. The van der Waals surface area contributed by atoms with Gasteiger partial charge in [-0.15, -0.1) is 11.8 Å². The summed E-state index contributed by atoms with van der Waals surface area (Å²) in [7, 11) is -3.01. The summed E-state index contributed by atoms with van der Waals surface area (Å²) >= 11 is 1.94. The fraction of sp³-hybridized carbons (Fsp3) is 1.00. The van der Waals surface area contributed by atoms with E-state index in [9.17, 15) is 8.42 Å². The Morgan fingerprint density at radius 2 is 2.07 bits per heavy atom. The minimum absolute atomic E-state index is 0.319. The highest BCUT2D eigenvalue weighted by molar-refractivity contribution is 8.07. The second kappa shape index (κ2) is 3.91. The van der Waals surface area contributed by atoms with E-state index in [-0.39, 0.29) is 0 Å². The molecule has 1 aliphatic carbocycles. The maximum absolute atomic E-state index is 10.9. The van der Waals surface area contributed by atoms with Crippen LogP contribution in [-0.2, 0) is 10.0 Å². The van der Waals surface area contributed by atoms with Crippen molar-refractivity contribution in [3.05, 3.63) is 0 Å². The van der Waals surface area contributed by atoms with Crippen molar-refractivity contribution in [2.24, 2.45) is 5.92 Å². The Kier molecular flexibility index (Phi) is 3.05. The van der Waals surface area contributed by atoms with Gasteiger partial charge >= 0.3 is 0 Å². The molecule has 0 radical (unpaired) electrons. The molecule has 2 rings (SSSR count). The van der Waals surface area contributed by atoms with Crippen molar-refractivity contribution < 1.29 is 8.42 Å². The third-order valence-electron chi connectivity index (χ3n) is 2.96. The number of rotatable bonds is 5. The van der Waals surface area contributed by atoms with Gasteiger partial charge in [-0.05, 0) is 25.7 Å². The topological polar surface area (TPSA) is 58.2 Å². The molecule has 1 heterocycles. The minimum atomic E-state index is -3.01. The van der Waals surface area contributed by atoms with Crippen molar-refractivity contribution in [1.82, 2.24) is 10.0 Å². The van der Waals surface area contributed by atoms with E-state index in [1.165, 1.54) is 12.0 Å². The van der Waals surface area contributed by atoms with Gasteiger partial charge in [-0.3, -0.25) is 5.32 Å². The van der Waals surface area contributed by atoms with Crippen molar-refractivity contribution in [1.29, 1.82) is 0 Å². The van der Waals surface area contributed by atoms with E-state index in [0.717, 1.165) is 12.8 Å². The molecule has 2 aliphatic rings. The Morgan fingerprint density at radius 3 is 2.53 bits per heavy atom. The molecule has 15 heavy (non-hydrogen) atoms. The first-order valence-corrected chi connectivity index (χ1v) is 8.10. The van der Waals surface area contributed by atoms with E-state index in [2.05, 4.69) is 17.0 Å². The van der Waals surface area contributed by atoms with E-state index in [0.29, 0.717) is 23.4 Å². The van der Waals surface area contributed by atoms with Crippen molar-refractivity contribution in [2.45, 2.75) is 30.7 Å². The summed E-state index contributed by atoms with van der Waals surface area (Å²) in [5, 5.41) is 3.58. The van der Waals surface area contributed by atoms with Crippen LogP contribution in [0, 0.1) is 5.92 Å². The molecule has 1 atom stereocenters. The van der Waals surface area contributed by atoms with Crippen LogP contribution in [0.2, 0.25) is 0 Å². The van der Waals surface area contributed by atoms with Crippen LogP contribution in [0.1, 0.15) is 19.8 Å². The lowest BCUT2D eigenvalue weighted by atomic mass is 9.80. The molecule has 2 N–H and O–H groups in total. The predicted molar refractivity (Wildman–Crippen MR) is 63.4 cm³/mol. The Morgan fingerprint density at radius 1 is 1.47 bits per heavy atom. The Labute approximate surface area is 95.6 Å². The van der Waals surface area contributed by atoms with Crippen LogP contribution in [0.25, 0.3) is 0 Å². The molecule has 1 saturated heterocycles. The lowest BCUT2D eigenvalue weighted by Gasteiger charge is -2.37. The van der Waals surface area contributed by atoms with Gasteiger partial charge in [-0.25, -0.2) is 13.1 Å². The third-order valence-corrected chi connectivity index (χ3v) is 4.92. The van der Waals surface area contributed by atoms with Gasteiger partial charge in [-0.1, -0.05) is 0 Å². The summed E-state index contributed by atoms with van der Waals surface area (Å²) in [5.41, 5.74) is 0. The van der Waals surface area contributed by atoms with Crippen LogP contribution in [0.15, 0.2) is 0 Å². The first kappa shape index (κ1) is 11.7. The molecule has 88 valence electrons. The fourth-order valence-corrected chi connectivity index (χ4v) is 3.00. The van der Waals surface area contributed by atoms with E-state index in [1.54, 1.807) is 0 Å². The van der Waals surface area contributed by atoms with Crippen molar-refractivity contribution in [2.75, 3.05) is 18.6 Å². The van der Waals surface area contributed by atoms with E-state index in [4.69, 9.17) is 0 Å². The first-order valence-electron chi connectivity index (χ1n) is 5.23. The van der Waals surface area contributed by atoms with Crippen LogP contribution >= 0.6 is 11.8 Å². The SMILES string of the molecule is CC1(NC2CC(CNS(C)(=O)=O)C2)CS1. The van der Waals surface area contributed by atoms with Gasteiger partial charge in [-0.2, -0.15) is 0 Å². The molecule has 0 aromatic carbocycles. The third kappa shape index (κ3) is 3.62. The predicted octanol–water partition coefficient (Wildman–Crippen LogP) is 0.367. The first-order chi connectivity index (χ1) is 6.86. The molecule has 0 bridgehead atoms. The van der Waals surface area contributed by atoms with Gasteiger partial charge in [0.2, 0.25) is 10.0 Å². The van der Waals surface area contributed by atoms with Crippen molar-refractivity contribution in [3.63, 3.8) is 0 Å². The second-order valence-corrected chi connectivity index (χ2v) is 8.13. The molecule has 0 spiro atoms. The number of nitrogens with one attached hydrogen (secondary N) is 2. The van der Waals surface area contributed by atoms with E-state index >= 15 is 0 Å². The summed E-state index contributed by atoms with van der Waals surface area (Å²) in [5.74, 6) is 1.72. The number of thioether (sulfide) groups is 1. The van der Waals surface area contributed by atoms with Crippen LogP contribution in [0.3, 0.4) is 0 Å². The molecule has 1 aliphatic heterocycles. The smallest absolute Gasteiger partial charge is 0.208 e. The van der Waals surface area contributed by atoms with Crippen molar-refractivity contribution in [3.8, 4) is 0 Å². The summed E-state index contributed by atoms with van der Waals surface area (Å²) in [6.45, 7) is 2.82. The number of hydrogen-bond acceptors (Lipinski definition) is 4. The molecule has 6 heteroatoms. The average Bonchev–Trinajstić information content (AvgIpc) is 2.72. The van der Waals surface area contributed by atoms with Crippen LogP contribution in [0.4, 0.5) is 0 Å². The zero-order valence-electron chi connectivity index (χ0n) is 9.12. The van der Waals surface area contributed by atoms with Gasteiger partial charge in [0.05, 0.1) is 11.1 Å². The summed E-state index contributed by atoms with van der Waals surface area (Å²) in [6, 6.07) is 0.594. The van der Waals surface area contributed by atoms with Gasteiger partial charge in [0.25, 0.3) is 0 Å². The van der Waals surface area contributed by atoms with Crippen LogP contribution in [0.5, 0.6) is 0 Å². The van der Waals surface area contributed by atoms with E-state index < -0.39 is 10.0 Å². The standard InChI is InChI=1S/C9H18N2O2S2/c1-9(6-14-9)11-8-3-7(4-8)5-10-15(2,12)13/h7-8,10-11H,3-6H2,1-2H3. The molecule has 0 aromatic rings. The molecule has 1 unspecified atom stereocenters. The lowest BCUT2D eigenvalue weighted by Crippen LogP contribution is -2.49. The average molecular weight is 250 g/mol. The molecule has 2 fully saturated rings. The lowest BCUT2D eigenvalue weighted by molar-refractivity contribution is 0.213. The molecule has 4 nitrogen and oxygen atoms in total. The summed E-state index contributed by atoms with van der Waals surface area (Å²) < 4.78 is 24.3. The van der Waals surface area contributed by atoms with Gasteiger partial charge < -0.3 is 0 Å². The largest absolute Gasteiger partial charge is 0.300 e. The molecule has 0 aromatic heterocycles. The van der Waals surface area contributed by atoms with Crippen molar-refractivity contribution >= 4 is 21.8 Å². The Balaban J connectivity index is 1.61. The molecule has 0 amide bonds. The highest BCUT2D eigenvalue weighted by Gasteiger charge is 2.43. The van der Waals surface area contributed by atoms with Crippen LogP contribution in [-0.4, -0.2) is 37.9 Å². The Hall–Kier alpha value is 0.220. The maximum Gasteiger partial charge on any atom is 0.208 e. The monoisotopic (exact) mass is 250 g/mol. The summed E-state index contributed by atoms with van der Waals surface area (Å²) in [6.07, 6.45) is 3.40. The highest BCUT2D eigenvalue weighted by atomic mass is 32.2. The number of sulfonamides is 1. The maximum atomic E-state index is 10.9. The molecular formula is C9H18N2O2S2. The minimum Gasteiger partial charge on any atom is -0.300 e. The zero-order chi connectivity index (χ0) is 11.1. The Bertz CT molecular complexity index is 332.